The van der Waals surface area contributed by atoms with Crippen LogP contribution >= 0.6 is 0 Å². The van der Waals surface area contributed by atoms with E-state index in [0.29, 0.717) is 22.7 Å². The van der Waals surface area contributed by atoms with Crippen LogP contribution in [0.4, 0.5) is 5.69 Å². The molecule has 0 aromatic heterocycles. The number of amides is 2. The first-order chi connectivity index (χ1) is 13.5. The van der Waals surface area contributed by atoms with Crippen LogP contribution in [-0.2, 0) is 9.59 Å². The molecule has 2 aromatic rings. The van der Waals surface area contributed by atoms with Crippen LogP contribution in [0.3, 0.4) is 0 Å². The topological polar surface area (TPSA) is 100 Å². The normalized spacial score (nSPS) is 16.4. The standard InChI is InChI=1S/C20H21N3O5/c1-27-16-8-6-15(7-9-16)23-12-14(10-18(23)24)20(26)22-21-11-13-4-3-5-17(28-2)19(13)25/h3-9,11,14,25H,10,12H2,1-2H3,(H,22,26)/b21-11+/t14-/m1/s1. The summed E-state index contributed by atoms with van der Waals surface area (Å²) in [6, 6.07) is 12.0. The molecule has 8 nitrogen and oxygen atoms in total. The number of anilines is 1. The summed E-state index contributed by atoms with van der Waals surface area (Å²) in [6.07, 6.45) is 1.44. The van der Waals surface area contributed by atoms with E-state index in [0.717, 1.165) is 0 Å². The van der Waals surface area contributed by atoms with Crippen LogP contribution < -0.4 is 19.8 Å². The first-order valence-electron chi connectivity index (χ1n) is 8.66. The van der Waals surface area contributed by atoms with Gasteiger partial charge in [-0.3, -0.25) is 9.59 Å². The van der Waals surface area contributed by atoms with Gasteiger partial charge in [-0.2, -0.15) is 5.10 Å². The number of ether oxygens (including phenoxy) is 2. The first-order valence-corrected chi connectivity index (χ1v) is 8.66. The number of phenolic OH excluding ortho intramolecular Hbond substituents is 1. The number of methoxy groups -OCH3 is 2. The largest absolute Gasteiger partial charge is 0.504 e. The van der Waals surface area contributed by atoms with Crippen LogP contribution in [0.2, 0.25) is 0 Å². The molecule has 0 saturated carbocycles. The predicted octanol–water partition coefficient (Wildman–Crippen LogP) is 1.91. The van der Waals surface area contributed by atoms with E-state index in [2.05, 4.69) is 10.5 Å². The van der Waals surface area contributed by atoms with Gasteiger partial charge in [0.15, 0.2) is 11.5 Å². The average Bonchev–Trinajstić information content (AvgIpc) is 3.11. The Kier molecular flexibility index (Phi) is 5.78. The van der Waals surface area contributed by atoms with Crippen molar-refractivity contribution in [3.63, 3.8) is 0 Å². The zero-order valence-corrected chi connectivity index (χ0v) is 15.6. The van der Waals surface area contributed by atoms with E-state index in [4.69, 9.17) is 9.47 Å². The molecule has 0 aliphatic carbocycles. The van der Waals surface area contributed by atoms with E-state index >= 15 is 0 Å². The molecule has 2 amide bonds. The van der Waals surface area contributed by atoms with Gasteiger partial charge in [0, 0.05) is 24.2 Å². The molecule has 1 heterocycles. The summed E-state index contributed by atoms with van der Waals surface area (Å²) < 4.78 is 10.1. The highest BCUT2D eigenvalue weighted by Gasteiger charge is 2.35. The second kappa shape index (κ2) is 8.43. The van der Waals surface area contributed by atoms with Gasteiger partial charge in [0.25, 0.3) is 0 Å². The number of para-hydroxylation sites is 1. The van der Waals surface area contributed by atoms with E-state index in [-0.39, 0.29) is 30.5 Å². The van der Waals surface area contributed by atoms with Crippen molar-refractivity contribution in [3.05, 3.63) is 48.0 Å². The van der Waals surface area contributed by atoms with Crippen molar-refractivity contribution in [1.82, 2.24) is 5.43 Å². The lowest BCUT2D eigenvalue weighted by Crippen LogP contribution is -2.30. The molecule has 2 N–H and O–H groups in total. The number of hydrogen-bond acceptors (Lipinski definition) is 6. The highest BCUT2D eigenvalue weighted by Crippen LogP contribution is 2.28. The van der Waals surface area contributed by atoms with Crippen LogP contribution in [0.1, 0.15) is 12.0 Å². The van der Waals surface area contributed by atoms with Crippen LogP contribution in [0.5, 0.6) is 17.2 Å². The summed E-state index contributed by atoms with van der Waals surface area (Å²) in [7, 11) is 3.02. The van der Waals surface area contributed by atoms with Crippen molar-refractivity contribution in [2.24, 2.45) is 11.0 Å². The lowest BCUT2D eigenvalue weighted by atomic mass is 10.1. The number of nitrogens with zero attached hydrogens (tertiary/aromatic N) is 2. The second-order valence-electron chi connectivity index (χ2n) is 6.24. The van der Waals surface area contributed by atoms with Gasteiger partial charge in [-0.1, -0.05) is 6.07 Å². The van der Waals surface area contributed by atoms with Crippen LogP contribution in [0.25, 0.3) is 0 Å². The quantitative estimate of drug-likeness (QED) is 0.586. The first kappa shape index (κ1) is 19.2. The Morgan fingerprint density at radius 3 is 2.64 bits per heavy atom. The van der Waals surface area contributed by atoms with E-state index in [9.17, 15) is 14.7 Å². The molecular formula is C20H21N3O5. The minimum atomic E-state index is -0.509. The molecule has 0 radical (unpaired) electrons. The average molecular weight is 383 g/mol. The van der Waals surface area contributed by atoms with Gasteiger partial charge in [0.1, 0.15) is 5.75 Å². The predicted molar refractivity (Wildman–Crippen MR) is 104 cm³/mol. The van der Waals surface area contributed by atoms with Crippen LogP contribution in [0.15, 0.2) is 47.6 Å². The molecule has 1 saturated heterocycles. The molecule has 0 unspecified atom stereocenters. The molecule has 3 rings (SSSR count). The Bertz CT molecular complexity index is 895. The number of nitrogens with one attached hydrogen (secondary N) is 1. The maximum atomic E-state index is 12.4. The molecule has 1 aliphatic heterocycles. The van der Waals surface area contributed by atoms with Gasteiger partial charge in [-0.25, -0.2) is 5.43 Å². The monoisotopic (exact) mass is 383 g/mol. The van der Waals surface area contributed by atoms with Crippen molar-refractivity contribution in [3.8, 4) is 17.2 Å². The molecule has 28 heavy (non-hydrogen) atoms. The molecule has 8 heteroatoms. The van der Waals surface area contributed by atoms with Crippen molar-refractivity contribution >= 4 is 23.7 Å². The smallest absolute Gasteiger partial charge is 0.245 e. The molecule has 1 aliphatic rings. The third-order valence-corrected chi connectivity index (χ3v) is 4.51. The number of hydrogen-bond donors (Lipinski definition) is 2. The molecule has 0 bridgehead atoms. The van der Waals surface area contributed by atoms with Crippen LogP contribution in [0, 0.1) is 5.92 Å². The molecule has 2 aromatic carbocycles. The number of benzene rings is 2. The Labute approximate surface area is 162 Å². The second-order valence-corrected chi connectivity index (χ2v) is 6.24. The Morgan fingerprint density at radius 1 is 1.21 bits per heavy atom. The summed E-state index contributed by atoms with van der Waals surface area (Å²) in [5, 5.41) is 13.9. The lowest BCUT2D eigenvalue weighted by molar-refractivity contribution is -0.126. The van der Waals surface area contributed by atoms with Gasteiger partial charge >= 0.3 is 0 Å². The number of phenols is 1. The number of carbonyl (C=O) groups excluding carboxylic acids is 2. The molecule has 0 spiro atoms. The van der Waals surface area contributed by atoms with Gasteiger partial charge in [-0.05, 0) is 36.4 Å². The van der Waals surface area contributed by atoms with Gasteiger partial charge < -0.3 is 19.5 Å². The summed E-state index contributed by atoms with van der Waals surface area (Å²) in [5.41, 5.74) is 3.55. The third kappa shape index (κ3) is 4.06. The molecule has 146 valence electrons. The minimum absolute atomic E-state index is 0.0651. The van der Waals surface area contributed by atoms with Crippen molar-refractivity contribution < 1.29 is 24.2 Å². The fourth-order valence-electron chi connectivity index (χ4n) is 2.96. The Balaban J connectivity index is 1.61. The Hall–Kier alpha value is -3.55. The maximum Gasteiger partial charge on any atom is 0.245 e. The van der Waals surface area contributed by atoms with Gasteiger partial charge in [0.05, 0.1) is 26.4 Å². The highest BCUT2D eigenvalue weighted by molar-refractivity contribution is 6.00. The zero-order chi connectivity index (χ0) is 20.1. The number of aromatic hydroxyl groups is 1. The highest BCUT2D eigenvalue weighted by atomic mass is 16.5. The number of hydrazone groups is 1. The van der Waals surface area contributed by atoms with Crippen LogP contribution in [-0.4, -0.2) is 43.9 Å². The van der Waals surface area contributed by atoms with Crippen molar-refractivity contribution in [1.29, 1.82) is 0 Å². The van der Waals surface area contributed by atoms with E-state index in [1.807, 2.05) is 0 Å². The third-order valence-electron chi connectivity index (χ3n) is 4.51. The molecular weight excluding hydrogens is 362 g/mol. The SMILES string of the molecule is COc1ccc(N2C[C@H](C(=O)N/N=C/c3cccc(OC)c3O)CC2=O)cc1. The fraction of sp³-hybridized carbons (Fsp3) is 0.250. The molecule has 1 atom stereocenters. The van der Waals surface area contributed by atoms with Crippen molar-refractivity contribution in [2.45, 2.75) is 6.42 Å². The lowest BCUT2D eigenvalue weighted by Gasteiger charge is -2.16. The molecule has 1 fully saturated rings. The van der Waals surface area contributed by atoms with Gasteiger partial charge in [-0.15, -0.1) is 0 Å². The Morgan fingerprint density at radius 2 is 1.96 bits per heavy atom. The summed E-state index contributed by atoms with van der Waals surface area (Å²) in [4.78, 5) is 26.2. The summed E-state index contributed by atoms with van der Waals surface area (Å²) in [5.74, 6) is -0.0512. The zero-order valence-electron chi connectivity index (χ0n) is 15.6. The number of carbonyl (C=O) groups is 2. The van der Waals surface area contributed by atoms with E-state index in [1.165, 1.54) is 13.3 Å². The number of rotatable bonds is 6. The van der Waals surface area contributed by atoms with Gasteiger partial charge in [0.2, 0.25) is 11.8 Å². The summed E-state index contributed by atoms with van der Waals surface area (Å²) in [6.45, 7) is 0.275. The fourth-order valence-corrected chi connectivity index (χ4v) is 2.96. The van der Waals surface area contributed by atoms with Crippen molar-refractivity contribution in [2.75, 3.05) is 25.7 Å². The minimum Gasteiger partial charge on any atom is -0.504 e. The maximum absolute atomic E-state index is 12.4. The van der Waals surface area contributed by atoms with E-state index < -0.39 is 5.92 Å². The van der Waals surface area contributed by atoms with E-state index in [1.54, 1.807) is 54.5 Å². The summed E-state index contributed by atoms with van der Waals surface area (Å²) >= 11 is 0.